The van der Waals surface area contributed by atoms with E-state index in [2.05, 4.69) is 11.6 Å². The molecule has 0 fully saturated rings. The molecule has 0 aliphatic carbocycles. The molecule has 0 aromatic carbocycles. The van der Waals surface area contributed by atoms with Crippen molar-refractivity contribution in [2.45, 2.75) is 11.6 Å². The molecule has 4 heavy (non-hydrogen) atoms. The molecule has 0 aromatic heterocycles. The Balaban J connectivity index is 0. The second-order valence-corrected chi connectivity index (χ2v) is 2.12. The third kappa shape index (κ3) is 9.68. The molecule has 0 atom stereocenters. The molecule has 2 heteroatoms. The Morgan fingerprint density at radius 1 is 1.25 bits per heavy atom. The van der Waals surface area contributed by atoms with Gasteiger partial charge in [-0.2, -0.15) is 0 Å². The SMILES string of the molecule is C[Se]C.[Na+]. The fourth-order valence-electron chi connectivity index (χ4n) is 0. The Kier molecular flexibility index (Phi) is 20.1. The zero-order valence-corrected chi connectivity index (χ0v) is 7.12. The van der Waals surface area contributed by atoms with E-state index in [1.165, 1.54) is 0 Å². The first-order chi connectivity index (χ1) is 1.41. The summed E-state index contributed by atoms with van der Waals surface area (Å²) in [5, 5.41) is 0. The van der Waals surface area contributed by atoms with Gasteiger partial charge >= 0.3 is 56.2 Å². The van der Waals surface area contributed by atoms with Crippen LogP contribution in [-0.2, 0) is 0 Å². The quantitative estimate of drug-likeness (QED) is 0.328. The largest absolute Gasteiger partial charge is 1.00 e. The van der Waals surface area contributed by atoms with Crippen LogP contribution in [0, 0.1) is 0 Å². The molecule has 0 N–H and O–H groups in total. The van der Waals surface area contributed by atoms with E-state index in [0.717, 1.165) is 15.0 Å². The first kappa shape index (κ1) is 9.10. The molecule has 20 valence electrons. The summed E-state index contributed by atoms with van der Waals surface area (Å²) in [4.78, 5) is 0. The van der Waals surface area contributed by atoms with Gasteiger partial charge in [0.1, 0.15) is 0 Å². The van der Waals surface area contributed by atoms with Crippen molar-refractivity contribution in [3.8, 4) is 0 Å². The molecule has 0 rings (SSSR count). The van der Waals surface area contributed by atoms with Crippen LogP contribution < -0.4 is 29.6 Å². The fraction of sp³-hybridized carbons (Fsp3) is 1.00. The maximum absolute atomic E-state index is 2.19. The van der Waals surface area contributed by atoms with Gasteiger partial charge in [-0.05, 0) is 0 Å². The van der Waals surface area contributed by atoms with E-state index in [-0.39, 0.29) is 29.6 Å². The van der Waals surface area contributed by atoms with Crippen molar-refractivity contribution in [2.24, 2.45) is 0 Å². The molecule has 0 aliphatic rings. The average Bonchev–Trinajstić information content (AvgIpc) is 0.918. The summed E-state index contributed by atoms with van der Waals surface area (Å²) in [5.74, 6) is 4.38. The van der Waals surface area contributed by atoms with Crippen LogP contribution in [0.4, 0.5) is 0 Å². The molecule has 0 unspecified atom stereocenters. The van der Waals surface area contributed by atoms with Gasteiger partial charge in [0.15, 0.2) is 0 Å². The van der Waals surface area contributed by atoms with Crippen molar-refractivity contribution in [3.63, 3.8) is 0 Å². The summed E-state index contributed by atoms with van der Waals surface area (Å²) in [6.07, 6.45) is 0. The van der Waals surface area contributed by atoms with Crippen molar-refractivity contribution < 1.29 is 29.6 Å². The Hall–Kier alpha value is 1.52. The summed E-state index contributed by atoms with van der Waals surface area (Å²) in [6, 6.07) is 0. The van der Waals surface area contributed by atoms with Crippen LogP contribution >= 0.6 is 0 Å². The molecule has 0 amide bonds. The van der Waals surface area contributed by atoms with Crippen LogP contribution in [0.25, 0.3) is 0 Å². The van der Waals surface area contributed by atoms with Gasteiger partial charge in [-0.15, -0.1) is 0 Å². The van der Waals surface area contributed by atoms with E-state index in [0.29, 0.717) is 0 Å². The minimum absolute atomic E-state index is 0. The Labute approximate surface area is 55.8 Å². The van der Waals surface area contributed by atoms with Crippen LogP contribution in [0.2, 0.25) is 11.6 Å². The minimum atomic E-state index is 0. The Bertz CT molecular complexity index is 6.00. The van der Waals surface area contributed by atoms with Gasteiger partial charge in [0, 0.05) is 0 Å². The molecule has 0 aliphatic heterocycles. The number of hydrogen-bond acceptors (Lipinski definition) is 0. The number of rotatable bonds is 0. The Morgan fingerprint density at radius 3 is 1.25 bits per heavy atom. The monoisotopic (exact) mass is 133 g/mol. The van der Waals surface area contributed by atoms with Crippen LogP contribution in [-0.4, -0.2) is 15.0 Å². The average molecular weight is 132 g/mol. The molecule has 0 heterocycles. The van der Waals surface area contributed by atoms with Gasteiger partial charge in [0.2, 0.25) is 0 Å². The van der Waals surface area contributed by atoms with Gasteiger partial charge in [-0.3, -0.25) is 0 Å². The van der Waals surface area contributed by atoms with Gasteiger partial charge < -0.3 is 0 Å². The van der Waals surface area contributed by atoms with Crippen LogP contribution in [0.15, 0.2) is 0 Å². The van der Waals surface area contributed by atoms with Gasteiger partial charge in [0.05, 0.1) is 0 Å². The molecule has 0 radical (unpaired) electrons. The van der Waals surface area contributed by atoms with Crippen molar-refractivity contribution in [2.75, 3.05) is 0 Å². The van der Waals surface area contributed by atoms with Crippen LogP contribution in [0.3, 0.4) is 0 Å². The minimum Gasteiger partial charge on any atom is 1.00 e. The second kappa shape index (κ2) is 8.82. The molecule has 0 nitrogen and oxygen atoms in total. The molecule has 0 spiro atoms. The zero-order valence-electron chi connectivity index (χ0n) is 3.41. The molecular weight excluding hydrogens is 126 g/mol. The van der Waals surface area contributed by atoms with Crippen LogP contribution in [0.1, 0.15) is 0 Å². The first-order valence-electron chi connectivity index (χ1n) is 0.816. The van der Waals surface area contributed by atoms with E-state index in [1.54, 1.807) is 0 Å². The van der Waals surface area contributed by atoms with E-state index in [4.69, 9.17) is 0 Å². The predicted molar refractivity (Wildman–Crippen MR) is 17.5 cm³/mol. The Morgan fingerprint density at radius 2 is 1.25 bits per heavy atom. The van der Waals surface area contributed by atoms with E-state index >= 15 is 0 Å². The first-order valence-corrected chi connectivity index (χ1v) is 4.24. The van der Waals surface area contributed by atoms with Crippen molar-refractivity contribution in [1.29, 1.82) is 0 Å². The van der Waals surface area contributed by atoms with Crippen molar-refractivity contribution >= 4 is 15.0 Å². The van der Waals surface area contributed by atoms with Gasteiger partial charge in [-0.1, -0.05) is 0 Å². The summed E-state index contributed by atoms with van der Waals surface area (Å²) in [5.41, 5.74) is 0. The maximum atomic E-state index is 2.19. The number of hydrogen-bond donors (Lipinski definition) is 0. The van der Waals surface area contributed by atoms with E-state index < -0.39 is 0 Å². The fourth-order valence-corrected chi connectivity index (χ4v) is 0. The predicted octanol–water partition coefficient (Wildman–Crippen LogP) is -2.21. The van der Waals surface area contributed by atoms with E-state index in [1.807, 2.05) is 0 Å². The van der Waals surface area contributed by atoms with Crippen molar-refractivity contribution in [3.05, 3.63) is 0 Å². The molecule has 0 aromatic rings. The molecule has 0 saturated heterocycles. The summed E-state index contributed by atoms with van der Waals surface area (Å²) < 4.78 is 0. The van der Waals surface area contributed by atoms with Crippen molar-refractivity contribution in [1.82, 2.24) is 0 Å². The summed E-state index contributed by atoms with van der Waals surface area (Å²) >= 11 is 0.875. The molecular formula is C2H6NaSe+. The van der Waals surface area contributed by atoms with Gasteiger partial charge in [0.25, 0.3) is 0 Å². The third-order valence-electron chi connectivity index (χ3n) is 0. The van der Waals surface area contributed by atoms with Crippen LogP contribution in [0.5, 0.6) is 0 Å². The third-order valence-corrected chi connectivity index (χ3v) is 0. The second-order valence-electron chi connectivity index (χ2n) is 0.408. The molecule has 0 saturated carbocycles. The topological polar surface area (TPSA) is 0 Å². The van der Waals surface area contributed by atoms with Gasteiger partial charge in [-0.25, -0.2) is 0 Å². The molecule has 0 bridgehead atoms. The standard InChI is InChI=1S/C2H6Se.Na/c1-3-2;/h1-2H3;/q;+1. The maximum Gasteiger partial charge on any atom is 1.00 e. The zero-order chi connectivity index (χ0) is 2.71. The van der Waals surface area contributed by atoms with E-state index in [9.17, 15) is 0 Å². The normalized spacial score (nSPS) is 4.50. The summed E-state index contributed by atoms with van der Waals surface area (Å²) in [7, 11) is 0. The summed E-state index contributed by atoms with van der Waals surface area (Å²) in [6.45, 7) is 0. The smallest absolute Gasteiger partial charge is 1.00 e.